The van der Waals surface area contributed by atoms with Crippen molar-refractivity contribution in [3.05, 3.63) is 54.4 Å². The van der Waals surface area contributed by atoms with E-state index in [1.165, 1.54) is 0 Å². The van der Waals surface area contributed by atoms with Crippen molar-refractivity contribution in [2.75, 3.05) is 11.1 Å². The summed E-state index contributed by atoms with van der Waals surface area (Å²) in [5.74, 6) is 0.191. The van der Waals surface area contributed by atoms with Crippen LogP contribution in [0.5, 0.6) is 0 Å². The zero-order valence-corrected chi connectivity index (χ0v) is 12.2. The second-order valence-corrected chi connectivity index (χ2v) is 6.66. The van der Waals surface area contributed by atoms with Gasteiger partial charge in [0.25, 0.3) is 0 Å². The van der Waals surface area contributed by atoms with Gasteiger partial charge in [-0.05, 0) is 48.4 Å². The second kappa shape index (κ2) is 6.52. The Balaban J connectivity index is 2.02. The van der Waals surface area contributed by atoms with Crippen LogP contribution in [0.25, 0.3) is 0 Å². The molecule has 0 bridgehead atoms. The van der Waals surface area contributed by atoms with Crippen molar-refractivity contribution in [1.29, 1.82) is 0 Å². The molecule has 1 aromatic heterocycles. The summed E-state index contributed by atoms with van der Waals surface area (Å²) in [7, 11) is -3.13. The van der Waals surface area contributed by atoms with E-state index in [-0.39, 0.29) is 5.75 Å². The minimum Gasteiger partial charge on any atom is -0.381 e. The quantitative estimate of drug-likeness (QED) is 0.888. The molecule has 0 fully saturated rings. The van der Waals surface area contributed by atoms with E-state index >= 15 is 0 Å². The molecule has 1 aromatic carbocycles. The molecule has 0 aliphatic rings. The SMILES string of the molecule is CCCS(=O)(=O)c1ccc(NCc2ccncc2)cc1. The van der Waals surface area contributed by atoms with Crippen LogP contribution in [0.15, 0.2) is 53.7 Å². The number of rotatable bonds is 6. The van der Waals surface area contributed by atoms with Gasteiger partial charge in [0.2, 0.25) is 0 Å². The number of nitrogens with one attached hydrogen (secondary N) is 1. The van der Waals surface area contributed by atoms with Crippen LogP contribution in [0, 0.1) is 0 Å². The Morgan fingerprint density at radius 1 is 1.05 bits per heavy atom. The minimum atomic E-state index is -3.13. The van der Waals surface area contributed by atoms with Gasteiger partial charge in [-0.25, -0.2) is 8.42 Å². The van der Waals surface area contributed by atoms with Crippen molar-refractivity contribution in [2.24, 2.45) is 0 Å². The molecule has 20 heavy (non-hydrogen) atoms. The molecule has 0 spiro atoms. The molecule has 0 atom stereocenters. The van der Waals surface area contributed by atoms with E-state index in [4.69, 9.17) is 0 Å². The van der Waals surface area contributed by atoms with Crippen molar-refractivity contribution in [1.82, 2.24) is 4.98 Å². The summed E-state index contributed by atoms with van der Waals surface area (Å²) >= 11 is 0. The highest BCUT2D eigenvalue weighted by Crippen LogP contribution is 2.16. The molecule has 2 rings (SSSR count). The number of aromatic nitrogens is 1. The third kappa shape index (κ3) is 3.81. The van der Waals surface area contributed by atoms with E-state index in [0.717, 1.165) is 11.3 Å². The highest BCUT2D eigenvalue weighted by molar-refractivity contribution is 7.91. The topological polar surface area (TPSA) is 59.1 Å². The highest BCUT2D eigenvalue weighted by Gasteiger charge is 2.12. The fourth-order valence-electron chi connectivity index (χ4n) is 1.87. The van der Waals surface area contributed by atoms with Gasteiger partial charge in [0, 0.05) is 24.6 Å². The van der Waals surface area contributed by atoms with Gasteiger partial charge in [-0.15, -0.1) is 0 Å². The number of hydrogen-bond acceptors (Lipinski definition) is 4. The van der Waals surface area contributed by atoms with E-state index in [1.54, 1.807) is 36.7 Å². The maximum atomic E-state index is 11.9. The summed E-state index contributed by atoms with van der Waals surface area (Å²) < 4.78 is 23.8. The van der Waals surface area contributed by atoms with Crippen LogP contribution in [0.1, 0.15) is 18.9 Å². The molecular weight excluding hydrogens is 272 g/mol. The van der Waals surface area contributed by atoms with Crippen LogP contribution in [-0.2, 0) is 16.4 Å². The fraction of sp³-hybridized carbons (Fsp3) is 0.267. The molecular formula is C15H18N2O2S. The van der Waals surface area contributed by atoms with Crippen LogP contribution >= 0.6 is 0 Å². The average molecular weight is 290 g/mol. The van der Waals surface area contributed by atoms with Gasteiger partial charge in [0.05, 0.1) is 10.6 Å². The molecule has 5 heteroatoms. The maximum Gasteiger partial charge on any atom is 0.178 e. The Hall–Kier alpha value is -1.88. The van der Waals surface area contributed by atoms with E-state index in [9.17, 15) is 8.42 Å². The van der Waals surface area contributed by atoms with E-state index < -0.39 is 9.84 Å². The zero-order valence-electron chi connectivity index (χ0n) is 11.4. The van der Waals surface area contributed by atoms with Crippen LogP contribution in [-0.4, -0.2) is 19.2 Å². The molecule has 1 heterocycles. The molecule has 0 saturated heterocycles. The molecule has 106 valence electrons. The first-order chi connectivity index (χ1) is 9.62. The Morgan fingerprint density at radius 2 is 1.70 bits per heavy atom. The lowest BCUT2D eigenvalue weighted by Gasteiger charge is -2.08. The summed E-state index contributed by atoms with van der Waals surface area (Å²) in [5.41, 5.74) is 2.03. The monoisotopic (exact) mass is 290 g/mol. The zero-order chi connectivity index (χ0) is 14.4. The lowest BCUT2D eigenvalue weighted by atomic mass is 10.2. The predicted octanol–water partition coefficient (Wildman–Crippen LogP) is 2.88. The smallest absolute Gasteiger partial charge is 0.178 e. The predicted molar refractivity (Wildman–Crippen MR) is 80.3 cm³/mol. The number of anilines is 1. The molecule has 0 aliphatic heterocycles. The van der Waals surface area contributed by atoms with E-state index in [0.29, 0.717) is 17.9 Å². The molecule has 1 N–H and O–H groups in total. The van der Waals surface area contributed by atoms with E-state index in [2.05, 4.69) is 10.3 Å². The van der Waals surface area contributed by atoms with Gasteiger partial charge < -0.3 is 5.32 Å². The number of pyridine rings is 1. The standard InChI is InChI=1S/C15H18N2O2S/c1-2-11-20(18,19)15-5-3-14(4-6-15)17-12-13-7-9-16-10-8-13/h3-10,17H,2,11-12H2,1H3. The number of nitrogens with zero attached hydrogens (tertiary/aromatic N) is 1. The molecule has 0 aliphatic carbocycles. The molecule has 0 saturated carbocycles. The summed E-state index contributed by atoms with van der Waals surface area (Å²) in [4.78, 5) is 4.35. The van der Waals surface area contributed by atoms with E-state index in [1.807, 2.05) is 19.1 Å². The van der Waals surface area contributed by atoms with Gasteiger partial charge in [0.1, 0.15) is 0 Å². The maximum absolute atomic E-state index is 11.9. The van der Waals surface area contributed by atoms with Gasteiger partial charge in [0.15, 0.2) is 9.84 Å². The van der Waals surface area contributed by atoms with Crippen LogP contribution < -0.4 is 5.32 Å². The Bertz CT molecular complexity index is 637. The third-order valence-electron chi connectivity index (χ3n) is 2.93. The summed E-state index contributed by atoms with van der Waals surface area (Å²) in [6.07, 6.45) is 4.12. The Labute approximate surface area is 119 Å². The molecule has 4 nitrogen and oxygen atoms in total. The normalized spacial score (nSPS) is 11.2. The van der Waals surface area contributed by atoms with Crippen molar-refractivity contribution in [3.63, 3.8) is 0 Å². The lowest BCUT2D eigenvalue weighted by Crippen LogP contribution is -2.06. The van der Waals surface area contributed by atoms with Gasteiger partial charge in [-0.3, -0.25) is 4.98 Å². The molecule has 0 unspecified atom stereocenters. The van der Waals surface area contributed by atoms with Crippen molar-refractivity contribution >= 4 is 15.5 Å². The van der Waals surface area contributed by atoms with Crippen LogP contribution in [0.4, 0.5) is 5.69 Å². The summed E-state index contributed by atoms with van der Waals surface area (Å²) in [6, 6.07) is 10.8. The number of benzene rings is 1. The first-order valence-electron chi connectivity index (χ1n) is 6.57. The Kier molecular flexibility index (Phi) is 4.74. The lowest BCUT2D eigenvalue weighted by molar-refractivity contribution is 0.595. The first kappa shape index (κ1) is 14.5. The van der Waals surface area contributed by atoms with Gasteiger partial charge in [-0.2, -0.15) is 0 Å². The first-order valence-corrected chi connectivity index (χ1v) is 8.22. The largest absolute Gasteiger partial charge is 0.381 e. The van der Waals surface area contributed by atoms with Crippen molar-refractivity contribution in [3.8, 4) is 0 Å². The van der Waals surface area contributed by atoms with Gasteiger partial charge in [-0.1, -0.05) is 6.92 Å². The third-order valence-corrected chi connectivity index (χ3v) is 4.87. The van der Waals surface area contributed by atoms with Gasteiger partial charge >= 0.3 is 0 Å². The molecule has 0 radical (unpaired) electrons. The van der Waals surface area contributed by atoms with Crippen LogP contribution in [0.2, 0.25) is 0 Å². The minimum absolute atomic E-state index is 0.191. The number of hydrogen-bond donors (Lipinski definition) is 1. The summed E-state index contributed by atoms with van der Waals surface area (Å²) in [5, 5.41) is 3.25. The summed E-state index contributed by atoms with van der Waals surface area (Å²) in [6.45, 7) is 2.55. The fourth-order valence-corrected chi connectivity index (χ4v) is 3.20. The number of sulfone groups is 1. The van der Waals surface area contributed by atoms with Crippen molar-refractivity contribution in [2.45, 2.75) is 24.8 Å². The second-order valence-electron chi connectivity index (χ2n) is 4.55. The van der Waals surface area contributed by atoms with Crippen molar-refractivity contribution < 1.29 is 8.42 Å². The van der Waals surface area contributed by atoms with Crippen LogP contribution in [0.3, 0.4) is 0 Å². The Morgan fingerprint density at radius 3 is 2.30 bits per heavy atom. The molecule has 0 amide bonds. The average Bonchev–Trinajstić information content (AvgIpc) is 2.47. The molecule has 2 aromatic rings. The highest BCUT2D eigenvalue weighted by atomic mass is 32.2.